The molecule has 2 fully saturated rings. The molecule has 7 nitrogen and oxygen atoms in total. The predicted octanol–water partition coefficient (Wildman–Crippen LogP) is 4.38. The first kappa shape index (κ1) is 24.6. The van der Waals surface area contributed by atoms with E-state index < -0.39 is 0 Å². The highest BCUT2D eigenvalue weighted by Crippen LogP contribution is 2.42. The molecule has 0 radical (unpaired) electrons. The van der Waals surface area contributed by atoms with Crippen LogP contribution in [-0.2, 0) is 6.42 Å². The minimum Gasteiger partial charge on any atom is -0.371 e. The average molecular weight is 510 g/mol. The van der Waals surface area contributed by atoms with Crippen molar-refractivity contribution in [2.24, 2.45) is 5.41 Å². The Bertz CT molecular complexity index is 1330. The normalized spacial score (nSPS) is 20.0. The first-order valence-electron chi connectivity index (χ1n) is 13.8. The van der Waals surface area contributed by atoms with Crippen LogP contribution in [0.15, 0.2) is 61.1 Å². The summed E-state index contributed by atoms with van der Waals surface area (Å²) >= 11 is 0. The van der Waals surface area contributed by atoms with Crippen LogP contribution in [0, 0.1) is 12.3 Å². The molecule has 3 aromatic rings. The van der Waals surface area contributed by atoms with Gasteiger partial charge in [-0.2, -0.15) is 0 Å². The fourth-order valence-electron chi connectivity index (χ4n) is 6.56. The van der Waals surface area contributed by atoms with Crippen LogP contribution in [-0.4, -0.2) is 59.4 Å². The van der Waals surface area contributed by atoms with Gasteiger partial charge in [-0.05, 0) is 92.0 Å². The molecule has 2 saturated heterocycles. The van der Waals surface area contributed by atoms with Gasteiger partial charge in [-0.1, -0.05) is 6.07 Å². The number of aryl methyl sites for hydroxylation is 2. The Balaban J connectivity index is 1.08. The average Bonchev–Trinajstić information content (AvgIpc) is 3.56. The molecule has 1 spiro atoms. The van der Waals surface area contributed by atoms with Crippen LogP contribution in [0.3, 0.4) is 0 Å². The molecule has 1 aromatic carbocycles. The SMILES string of the molecule is Cc1ncccc1C(=O)NC[C@@H]1CCc2ccc(C(=O)N3CCC4(CCN(c5ccncc5)CC4)C3)cc21. The van der Waals surface area contributed by atoms with Crippen molar-refractivity contribution in [1.82, 2.24) is 20.2 Å². The molecule has 0 saturated carbocycles. The number of rotatable bonds is 5. The first-order chi connectivity index (χ1) is 18.5. The minimum absolute atomic E-state index is 0.0892. The van der Waals surface area contributed by atoms with Crippen LogP contribution in [0.1, 0.15) is 69.1 Å². The molecule has 3 aliphatic rings. The van der Waals surface area contributed by atoms with Crippen molar-refractivity contribution in [1.29, 1.82) is 0 Å². The van der Waals surface area contributed by atoms with E-state index in [1.165, 1.54) is 16.8 Å². The molecule has 1 atom stereocenters. The van der Waals surface area contributed by atoms with Crippen molar-refractivity contribution in [3.8, 4) is 0 Å². The van der Waals surface area contributed by atoms with Crippen molar-refractivity contribution in [2.75, 3.05) is 37.6 Å². The fourth-order valence-corrected chi connectivity index (χ4v) is 6.56. The number of hydrogen-bond acceptors (Lipinski definition) is 5. The second-order valence-electron chi connectivity index (χ2n) is 11.2. The van der Waals surface area contributed by atoms with Gasteiger partial charge in [0.25, 0.3) is 11.8 Å². The van der Waals surface area contributed by atoms with Gasteiger partial charge in [0.2, 0.25) is 0 Å². The largest absolute Gasteiger partial charge is 0.371 e. The predicted molar refractivity (Wildman–Crippen MR) is 147 cm³/mol. The maximum atomic E-state index is 13.6. The van der Waals surface area contributed by atoms with Crippen molar-refractivity contribution < 1.29 is 9.59 Å². The fraction of sp³-hybridized carbons (Fsp3) is 0.419. The molecule has 1 N–H and O–H groups in total. The second-order valence-corrected chi connectivity index (χ2v) is 11.2. The Morgan fingerprint density at radius 2 is 1.82 bits per heavy atom. The molecule has 2 aliphatic heterocycles. The summed E-state index contributed by atoms with van der Waals surface area (Å²) < 4.78 is 0. The number of amides is 2. The second kappa shape index (κ2) is 10.2. The Kier molecular flexibility index (Phi) is 6.60. The van der Waals surface area contributed by atoms with E-state index in [2.05, 4.69) is 49.4 Å². The first-order valence-corrected chi connectivity index (χ1v) is 13.8. The number of nitrogens with zero attached hydrogens (tertiary/aromatic N) is 4. The monoisotopic (exact) mass is 509 g/mol. The molecule has 2 aromatic heterocycles. The summed E-state index contributed by atoms with van der Waals surface area (Å²) in [6.45, 7) is 6.14. The lowest BCUT2D eigenvalue weighted by atomic mass is 9.77. The van der Waals surface area contributed by atoms with Crippen LogP contribution >= 0.6 is 0 Å². The molecular formula is C31H35N5O2. The lowest BCUT2D eigenvalue weighted by molar-refractivity contribution is 0.0764. The smallest absolute Gasteiger partial charge is 0.253 e. The Hall–Kier alpha value is -3.74. The molecule has 1 aliphatic carbocycles. The summed E-state index contributed by atoms with van der Waals surface area (Å²) in [4.78, 5) is 39.2. The number of pyridine rings is 2. The summed E-state index contributed by atoms with van der Waals surface area (Å²) in [6, 6.07) is 14.0. The van der Waals surface area contributed by atoms with Crippen LogP contribution in [0.5, 0.6) is 0 Å². The number of nitrogens with one attached hydrogen (secondary N) is 1. The summed E-state index contributed by atoms with van der Waals surface area (Å²) in [5, 5.41) is 3.10. The van der Waals surface area contributed by atoms with Gasteiger partial charge in [-0.3, -0.25) is 19.6 Å². The molecule has 196 valence electrons. The standard InChI is InChI=1S/C31H35N5O2/c1-22-27(3-2-13-33-22)29(37)34-20-25-7-5-23-4-6-24(19-28(23)25)30(38)36-18-12-31(21-36)10-16-35(17-11-31)26-8-14-32-15-9-26/h2-4,6,8-9,13-15,19,25H,5,7,10-12,16-18,20-21H2,1H3,(H,34,37)/t25-/m0/s1. The summed E-state index contributed by atoms with van der Waals surface area (Å²) in [6.07, 6.45) is 10.7. The van der Waals surface area contributed by atoms with Crippen LogP contribution in [0.25, 0.3) is 0 Å². The topological polar surface area (TPSA) is 78.4 Å². The van der Waals surface area contributed by atoms with Crippen LogP contribution in [0.4, 0.5) is 5.69 Å². The van der Waals surface area contributed by atoms with Crippen LogP contribution < -0.4 is 10.2 Å². The lowest BCUT2D eigenvalue weighted by Gasteiger charge is -2.40. The quantitative estimate of drug-likeness (QED) is 0.552. The number of fused-ring (bicyclic) bond motifs is 1. The molecule has 2 amide bonds. The number of anilines is 1. The Morgan fingerprint density at radius 3 is 2.61 bits per heavy atom. The van der Waals surface area contributed by atoms with E-state index in [1.54, 1.807) is 12.3 Å². The lowest BCUT2D eigenvalue weighted by Crippen LogP contribution is -2.42. The van der Waals surface area contributed by atoms with E-state index in [0.29, 0.717) is 12.1 Å². The third-order valence-electron chi connectivity index (χ3n) is 8.93. The van der Waals surface area contributed by atoms with Crippen LogP contribution in [0.2, 0.25) is 0 Å². The zero-order chi connectivity index (χ0) is 26.1. The molecule has 6 rings (SSSR count). The number of aromatic nitrogens is 2. The van der Waals surface area contributed by atoms with Crippen molar-refractivity contribution in [3.63, 3.8) is 0 Å². The van der Waals surface area contributed by atoms with Crippen molar-refractivity contribution in [3.05, 3.63) is 89.0 Å². The summed E-state index contributed by atoms with van der Waals surface area (Å²) in [7, 11) is 0. The molecule has 0 bridgehead atoms. The third-order valence-corrected chi connectivity index (χ3v) is 8.93. The van der Waals surface area contributed by atoms with E-state index in [-0.39, 0.29) is 23.1 Å². The van der Waals surface area contributed by atoms with Crippen molar-refractivity contribution in [2.45, 2.75) is 44.9 Å². The molecule has 7 heteroatoms. The molecule has 4 heterocycles. The number of piperidine rings is 1. The van der Waals surface area contributed by atoms with E-state index in [9.17, 15) is 9.59 Å². The summed E-state index contributed by atoms with van der Waals surface area (Å²) in [5.41, 5.74) is 6.09. The van der Waals surface area contributed by atoms with Gasteiger partial charge in [0.1, 0.15) is 0 Å². The highest BCUT2D eigenvalue weighted by atomic mass is 16.2. The maximum Gasteiger partial charge on any atom is 0.253 e. The minimum atomic E-state index is -0.0892. The van der Waals surface area contributed by atoms with E-state index >= 15 is 0 Å². The molecular weight excluding hydrogens is 474 g/mol. The van der Waals surface area contributed by atoms with Gasteiger partial charge >= 0.3 is 0 Å². The van der Waals surface area contributed by atoms with E-state index in [4.69, 9.17) is 0 Å². The third kappa shape index (κ3) is 4.77. The Labute approximate surface area is 224 Å². The Morgan fingerprint density at radius 1 is 1.03 bits per heavy atom. The molecule has 0 unspecified atom stereocenters. The highest BCUT2D eigenvalue weighted by Gasteiger charge is 2.42. The highest BCUT2D eigenvalue weighted by molar-refractivity contribution is 5.95. The number of carbonyl (C=O) groups is 2. The van der Waals surface area contributed by atoms with Gasteiger partial charge in [0.15, 0.2) is 0 Å². The number of benzene rings is 1. The maximum absolute atomic E-state index is 13.6. The number of hydrogen-bond donors (Lipinski definition) is 1. The number of likely N-dealkylation sites (tertiary alicyclic amines) is 1. The van der Waals surface area contributed by atoms with Gasteiger partial charge in [0, 0.05) is 74.2 Å². The number of carbonyl (C=O) groups excluding carboxylic acids is 2. The van der Waals surface area contributed by atoms with Gasteiger partial charge in [-0.15, -0.1) is 0 Å². The zero-order valence-electron chi connectivity index (χ0n) is 22.0. The van der Waals surface area contributed by atoms with Gasteiger partial charge in [-0.25, -0.2) is 0 Å². The van der Waals surface area contributed by atoms with E-state index in [0.717, 1.165) is 69.5 Å². The zero-order valence-corrected chi connectivity index (χ0v) is 22.0. The van der Waals surface area contributed by atoms with Gasteiger partial charge in [0.05, 0.1) is 5.56 Å². The molecule has 38 heavy (non-hydrogen) atoms. The van der Waals surface area contributed by atoms with E-state index in [1.807, 2.05) is 31.5 Å². The van der Waals surface area contributed by atoms with Gasteiger partial charge < -0.3 is 15.1 Å². The summed E-state index contributed by atoms with van der Waals surface area (Å²) in [5.74, 6) is 0.275. The van der Waals surface area contributed by atoms with Crippen molar-refractivity contribution >= 4 is 17.5 Å².